The van der Waals surface area contributed by atoms with E-state index in [4.69, 9.17) is 14.2 Å². The van der Waals surface area contributed by atoms with Crippen LogP contribution >= 0.6 is 0 Å². The first-order valence-electron chi connectivity index (χ1n) is 9.82. The first-order chi connectivity index (χ1) is 14.0. The predicted octanol–water partition coefficient (Wildman–Crippen LogP) is 3.07. The molecule has 0 saturated carbocycles. The number of nitrogens with zero attached hydrogens (tertiary/aromatic N) is 2. The van der Waals surface area contributed by atoms with E-state index in [1.165, 1.54) is 0 Å². The van der Waals surface area contributed by atoms with E-state index in [9.17, 15) is 0 Å². The fourth-order valence-electron chi connectivity index (χ4n) is 3.31. The number of hydrogen-bond acceptors (Lipinski definition) is 5. The van der Waals surface area contributed by atoms with Crippen LogP contribution in [-0.2, 0) is 11.3 Å². The van der Waals surface area contributed by atoms with Gasteiger partial charge in [0, 0.05) is 44.9 Å². The van der Waals surface area contributed by atoms with Gasteiger partial charge in [-0.25, -0.2) is 4.98 Å². The molecule has 7 nitrogen and oxygen atoms in total. The number of benzene rings is 1. The highest BCUT2D eigenvalue weighted by Gasteiger charge is 2.33. The average molecular weight is 399 g/mol. The Morgan fingerprint density at radius 1 is 1.24 bits per heavy atom. The van der Waals surface area contributed by atoms with Crippen LogP contribution in [0, 0.1) is 0 Å². The number of para-hydroxylation sites is 1. The molecular weight excluding hydrogens is 368 g/mol. The topological polar surface area (TPSA) is 77.0 Å². The molecule has 0 aliphatic carbocycles. The highest BCUT2D eigenvalue weighted by atomic mass is 16.5. The predicted molar refractivity (Wildman–Crippen MR) is 113 cm³/mol. The Morgan fingerprint density at radius 2 is 2.07 bits per heavy atom. The van der Waals surface area contributed by atoms with Crippen LogP contribution in [0.2, 0.25) is 0 Å². The van der Waals surface area contributed by atoms with Crippen molar-refractivity contribution in [3.8, 4) is 11.6 Å². The van der Waals surface area contributed by atoms with Crippen LogP contribution < -0.4 is 20.1 Å². The van der Waals surface area contributed by atoms with E-state index >= 15 is 0 Å². The summed E-state index contributed by atoms with van der Waals surface area (Å²) in [5.74, 6) is 2.25. The number of methoxy groups -OCH3 is 1. The van der Waals surface area contributed by atoms with Crippen LogP contribution in [-0.4, -0.2) is 43.9 Å². The molecule has 156 valence electrons. The van der Waals surface area contributed by atoms with Crippen molar-refractivity contribution in [1.29, 1.82) is 0 Å². The van der Waals surface area contributed by atoms with Crippen molar-refractivity contribution < 1.29 is 14.2 Å². The minimum Gasteiger partial charge on any atom is -0.487 e. The number of ether oxygens (including phenoxy) is 3. The average Bonchev–Trinajstić information content (AvgIpc) is 2.71. The molecule has 1 aromatic heterocycles. The van der Waals surface area contributed by atoms with Gasteiger partial charge in [0.05, 0.1) is 12.6 Å². The minimum absolute atomic E-state index is 0.121. The van der Waals surface area contributed by atoms with E-state index < -0.39 is 0 Å². The molecular formula is C22H30N4O3. The number of guanidine groups is 1. The summed E-state index contributed by atoms with van der Waals surface area (Å²) in [6.07, 6.45) is 2.65. The van der Waals surface area contributed by atoms with E-state index in [1.54, 1.807) is 20.4 Å². The highest BCUT2D eigenvalue weighted by Crippen LogP contribution is 2.39. The third-order valence-electron chi connectivity index (χ3n) is 4.71. The number of nitrogens with one attached hydrogen (secondary N) is 2. The van der Waals surface area contributed by atoms with Crippen molar-refractivity contribution in [2.24, 2.45) is 4.99 Å². The van der Waals surface area contributed by atoms with Crippen molar-refractivity contribution in [2.45, 2.75) is 38.5 Å². The molecule has 1 unspecified atom stereocenters. The molecule has 1 aliphatic heterocycles. The van der Waals surface area contributed by atoms with Crippen molar-refractivity contribution >= 4 is 5.96 Å². The smallest absolute Gasteiger partial charge is 0.213 e. The number of hydrogen-bond donors (Lipinski definition) is 2. The van der Waals surface area contributed by atoms with Gasteiger partial charge in [0.15, 0.2) is 5.96 Å². The lowest BCUT2D eigenvalue weighted by atomic mass is 9.90. The fourth-order valence-corrected chi connectivity index (χ4v) is 3.31. The lowest BCUT2D eigenvalue weighted by Gasteiger charge is -2.38. The molecule has 2 N–H and O–H groups in total. The van der Waals surface area contributed by atoms with Gasteiger partial charge in [0.2, 0.25) is 5.88 Å². The van der Waals surface area contributed by atoms with Gasteiger partial charge >= 0.3 is 0 Å². The van der Waals surface area contributed by atoms with Gasteiger partial charge in [-0.15, -0.1) is 0 Å². The van der Waals surface area contributed by atoms with Crippen molar-refractivity contribution in [1.82, 2.24) is 15.6 Å². The maximum Gasteiger partial charge on any atom is 0.213 e. The number of fused-ring (bicyclic) bond motifs is 1. The number of pyridine rings is 1. The van der Waals surface area contributed by atoms with Gasteiger partial charge in [-0.3, -0.25) is 4.99 Å². The van der Waals surface area contributed by atoms with Gasteiger partial charge < -0.3 is 24.8 Å². The summed E-state index contributed by atoms with van der Waals surface area (Å²) in [5.41, 5.74) is 1.95. The van der Waals surface area contributed by atoms with Crippen molar-refractivity contribution in [3.05, 3.63) is 53.7 Å². The van der Waals surface area contributed by atoms with Gasteiger partial charge in [-0.1, -0.05) is 24.3 Å². The van der Waals surface area contributed by atoms with E-state index in [0.717, 1.165) is 29.3 Å². The fraction of sp³-hybridized carbons (Fsp3) is 0.455. The van der Waals surface area contributed by atoms with Crippen LogP contribution in [0.5, 0.6) is 11.6 Å². The molecule has 1 aliphatic rings. The Balaban J connectivity index is 1.58. The summed E-state index contributed by atoms with van der Waals surface area (Å²) >= 11 is 0. The van der Waals surface area contributed by atoms with Crippen molar-refractivity contribution in [2.75, 3.05) is 27.4 Å². The standard InChI is InChI=1S/C22H30N4O3/c1-22(2)13-18(17-7-5-6-8-19(17)29-22)26-21(23-3)25-15-16-9-10-20(24-14-16)28-12-11-27-4/h5-10,14,18H,11-13,15H2,1-4H3,(H2,23,25,26). The van der Waals surface area contributed by atoms with E-state index in [1.807, 2.05) is 30.3 Å². The molecule has 3 rings (SSSR count). The summed E-state index contributed by atoms with van der Waals surface area (Å²) in [6.45, 7) is 5.85. The summed E-state index contributed by atoms with van der Waals surface area (Å²) < 4.78 is 16.6. The monoisotopic (exact) mass is 398 g/mol. The summed E-state index contributed by atoms with van der Waals surface area (Å²) in [5, 5.41) is 6.89. The molecule has 0 radical (unpaired) electrons. The van der Waals surface area contributed by atoms with Crippen LogP contribution in [0.15, 0.2) is 47.6 Å². The normalized spacial score (nSPS) is 17.8. The zero-order chi connectivity index (χ0) is 20.7. The third-order valence-corrected chi connectivity index (χ3v) is 4.71. The first kappa shape index (κ1) is 20.9. The highest BCUT2D eigenvalue weighted by molar-refractivity contribution is 5.80. The Bertz CT molecular complexity index is 821. The van der Waals surface area contributed by atoms with Crippen LogP contribution in [0.25, 0.3) is 0 Å². The quantitative estimate of drug-likeness (QED) is 0.424. The van der Waals surface area contributed by atoms with Crippen LogP contribution in [0.3, 0.4) is 0 Å². The Hall–Kier alpha value is -2.80. The third kappa shape index (κ3) is 5.84. The molecule has 0 saturated heterocycles. The summed E-state index contributed by atoms with van der Waals surface area (Å²) in [7, 11) is 3.42. The molecule has 1 aromatic carbocycles. The Kier molecular flexibility index (Phi) is 6.93. The maximum absolute atomic E-state index is 6.11. The number of aromatic nitrogens is 1. The molecule has 2 heterocycles. The van der Waals surface area contributed by atoms with Gasteiger partial charge in [0.25, 0.3) is 0 Å². The molecule has 0 spiro atoms. The summed E-state index contributed by atoms with van der Waals surface area (Å²) in [4.78, 5) is 8.70. The SMILES string of the molecule is CN=C(NCc1ccc(OCCOC)nc1)NC1CC(C)(C)Oc2ccccc21. The van der Waals surface area contributed by atoms with Crippen LogP contribution in [0.1, 0.15) is 37.4 Å². The minimum atomic E-state index is -0.243. The van der Waals surface area contributed by atoms with E-state index in [2.05, 4.69) is 40.5 Å². The first-order valence-corrected chi connectivity index (χ1v) is 9.82. The van der Waals surface area contributed by atoms with E-state index in [-0.39, 0.29) is 11.6 Å². The Labute approximate surface area is 172 Å². The van der Waals surface area contributed by atoms with Crippen molar-refractivity contribution in [3.63, 3.8) is 0 Å². The van der Waals surface area contributed by atoms with E-state index in [0.29, 0.717) is 25.6 Å². The van der Waals surface area contributed by atoms with Crippen LogP contribution in [0.4, 0.5) is 0 Å². The molecule has 0 amide bonds. The summed E-state index contributed by atoms with van der Waals surface area (Å²) in [6, 6.07) is 12.1. The van der Waals surface area contributed by atoms with Gasteiger partial charge in [0.1, 0.15) is 18.0 Å². The molecule has 29 heavy (non-hydrogen) atoms. The second-order valence-electron chi connectivity index (χ2n) is 7.57. The molecule has 7 heteroatoms. The number of aliphatic imine (C=N–C) groups is 1. The molecule has 1 atom stereocenters. The Morgan fingerprint density at radius 3 is 2.79 bits per heavy atom. The second-order valence-corrected chi connectivity index (χ2v) is 7.57. The second kappa shape index (κ2) is 9.60. The molecule has 0 fully saturated rings. The van der Waals surface area contributed by atoms with Gasteiger partial charge in [-0.2, -0.15) is 0 Å². The lowest BCUT2D eigenvalue weighted by molar-refractivity contribution is 0.0694. The number of rotatable bonds is 7. The maximum atomic E-state index is 6.11. The van der Waals surface area contributed by atoms with Gasteiger partial charge in [-0.05, 0) is 25.5 Å². The lowest BCUT2D eigenvalue weighted by Crippen LogP contribution is -2.45. The zero-order valence-electron chi connectivity index (χ0n) is 17.6. The largest absolute Gasteiger partial charge is 0.487 e. The molecule has 0 bridgehead atoms. The molecule has 2 aromatic rings. The zero-order valence-corrected chi connectivity index (χ0v) is 17.6.